The number of carbonyl (C=O) groups excluding carboxylic acids is 1. The number of fused-ring (bicyclic) bond motifs is 1. The van der Waals surface area contributed by atoms with Gasteiger partial charge < -0.3 is 9.15 Å². The van der Waals surface area contributed by atoms with Gasteiger partial charge in [0, 0.05) is 11.1 Å². The molecule has 0 amide bonds. The molecule has 2 aromatic carbocycles. The van der Waals surface area contributed by atoms with Gasteiger partial charge in [-0.25, -0.2) is 0 Å². The van der Waals surface area contributed by atoms with Gasteiger partial charge in [-0.1, -0.05) is 6.07 Å². The van der Waals surface area contributed by atoms with E-state index in [1.807, 2.05) is 0 Å². The molecule has 0 atom stereocenters. The largest absolute Gasteiger partial charge is 0.497 e. The quantitative estimate of drug-likeness (QED) is 0.677. The molecule has 0 spiro atoms. The van der Waals surface area contributed by atoms with E-state index in [1.54, 1.807) is 50.4 Å². The summed E-state index contributed by atoms with van der Waals surface area (Å²) in [4.78, 5) is 24.2. The highest BCUT2D eigenvalue weighted by atomic mass is 35.5. The zero-order valence-electron chi connectivity index (χ0n) is 12.6. The second-order valence-electron chi connectivity index (χ2n) is 5.07. The van der Waals surface area contributed by atoms with E-state index in [-0.39, 0.29) is 16.6 Å². The molecule has 0 bridgehead atoms. The number of hydrogen-bond donors (Lipinski definition) is 0. The number of para-hydroxylation sites is 1. The summed E-state index contributed by atoms with van der Waals surface area (Å²) in [6.07, 6.45) is 0. The van der Waals surface area contributed by atoms with Crippen LogP contribution in [0.15, 0.2) is 51.7 Å². The average molecular weight is 329 g/mol. The van der Waals surface area contributed by atoms with Crippen LogP contribution in [0.25, 0.3) is 22.3 Å². The Hall–Kier alpha value is -2.59. The predicted molar refractivity (Wildman–Crippen MR) is 89.4 cm³/mol. The molecule has 0 saturated heterocycles. The standard InChI is InChI=1S/C18H13ClO4/c1-10-15(20)13-4-3-5-14(18(19)21)17(13)23-16(10)11-6-8-12(22-2)9-7-11/h3-9H,1-2H3. The maximum atomic E-state index is 12.6. The maximum Gasteiger partial charge on any atom is 0.256 e. The molecule has 0 aliphatic heterocycles. The molecule has 23 heavy (non-hydrogen) atoms. The molecule has 0 N–H and O–H groups in total. The molecule has 1 heterocycles. The van der Waals surface area contributed by atoms with Gasteiger partial charge in [0.15, 0.2) is 11.0 Å². The molecule has 4 nitrogen and oxygen atoms in total. The zero-order valence-corrected chi connectivity index (χ0v) is 13.3. The Bertz CT molecular complexity index is 955. The summed E-state index contributed by atoms with van der Waals surface area (Å²) in [7, 11) is 1.58. The Balaban J connectivity index is 2.32. The predicted octanol–water partition coefficient (Wildman–Crippen LogP) is 4.16. The highest BCUT2D eigenvalue weighted by Gasteiger charge is 2.17. The van der Waals surface area contributed by atoms with Crippen LogP contribution in [0.3, 0.4) is 0 Å². The highest BCUT2D eigenvalue weighted by molar-refractivity contribution is 6.68. The minimum atomic E-state index is -0.664. The molecule has 0 saturated carbocycles. The highest BCUT2D eigenvalue weighted by Crippen LogP contribution is 2.29. The summed E-state index contributed by atoms with van der Waals surface area (Å²) >= 11 is 5.59. The van der Waals surface area contributed by atoms with Crippen LogP contribution in [-0.4, -0.2) is 12.4 Å². The number of rotatable bonds is 3. The number of ether oxygens (including phenoxy) is 1. The van der Waals surface area contributed by atoms with Crippen LogP contribution in [0, 0.1) is 6.92 Å². The van der Waals surface area contributed by atoms with Gasteiger partial charge in [0.2, 0.25) is 0 Å². The van der Waals surface area contributed by atoms with Crippen LogP contribution in [0.1, 0.15) is 15.9 Å². The van der Waals surface area contributed by atoms with Crippen LogP contribution >= 0.6 is 11.6 Å². The summed E-state index contributed by atoms with van der Waals surface area (Å²) in [5, 5.41) is -0.324. The van der Waals surface area contributed by atoms with Crippen molar-refractivity contribution in [3.8, 4) is 17.1 Å². The van der Waals surface area contributed by atoms with Gasteiger partial charge in [-0.3, -0.25) is 9.59 Å². The van der Waals surface area contributed by atoms with E-state index in [0.29, 0.717) is 22.5 Å². The smallest absolute Gasteiger partial charge is 0.256 e. The van der Waals surface area contributed by atoms with E-state index < -0.39 is 5.24 Å². The minimum Gasteiger partial charge on any atom is -0.497 e. The third kappa shape index (κ3) is 2.62. The lowest BCUT2D eigenvalue weighted by atomic mass is 10.0. The number of methoxy groups -OCH3 is 1. The van der Waals surface area contributed by atoms with E-state index in [9.17, 15) is 9.59 Å². The van der Waals surface area contributed by atoms with Crippen LogP contribution in [0.2, 0.25) is 0 Å². The first kappa shape index (κ1) is 15.3. The van der Waals surface area contributed by atoms with Gasteiger partial charge in [-0.2, -0.15) is 0 Å². The van der Waals surface area contributed by atoms with Crippen molar-refractivity contribution in [1.82, 2.24) is 0 Å². The van der Waals surface area contributed by atoms with E-state index in [0.717, 1.165) is 5.56 Å². The summed E-state index contributed by atoms with van der Waals surface area (Å²) in [5.74, 6) is 1.11. The van der Waals surface area contributed by atoms with Crippen molar-refractivity contribution in [2.45, 2.75) is 6.92 Å². The molecule has 0 radical (unpaired) electrons. The van der Waals surface area contributed by atoms with Gasteiger partial charge in [0.25, 0.3) is 5.24 Å². The molecule has 0 aliphatic rings. The van der Waals surface area contributed by atoms with E-state index >= 15 is 0 Å². The van der Waals surface area contributed by atoms with Crippen molar-refractivity contribution >= 4 is 27.8 Å². The maximum absolute atomic E-state index is 12.6. The molecule has 3 rings (SSSR count). The first-order chi connectivity index (χ1) is 11.0. The van der Waals surface area contributed by atoms with Crippen molar-refractivity contribution in [2.75, 3.05) is 7.11 Å². The number of carbonyl (C=O) groups is 1. The molecule has 0 fully saturated rings. The summed E-state index contributed by atoms with van der Waals surface area (Å²) in [5.41, 5.74) is 1.39. The first-order valence-corrected chi connectivity index (χ1v) is 7.31. The Kier molecular flexibility index (Phi) is 3.92. The fourth-order valence-corrected chi connectivity index (χ4v) is 2.63. The molecule has 1 aromatic heterocycles. The molecule has 116 valence electrons. The first-order valence-electron chi connectivity index (χ1n) is 6.93. The lowest BCUT2D eigenvalue weighted by Crippen LogP contribution is -2.08. The normalized spacial score (nSPS) is 10.7. The number of halogens is 1. The van der Waals surface area contributed by atoms with Gasteiger partial charge in [-0.15, -0.1) is 0 Å². The SMILES string of the molecule is COc1ccc(-c2oc3c(C(=O)Cl)cccc3c(=O)c2C)cc1. The Morgan fingerprint density at radius 3 is 2.43 bits per heavy atom. The Labute approximate surface area is 137 Å². The van der Waals surface area contributed by atoms with E-state index in [2.05, 4.69) is 0 Å². The van der Waals surface area contributed by atoms with Crippen molar-refractivity contribution < 1.29 is 13.9 Å². The summed E-state index contributed by atoms with van der Waals surface area (Å²) in [6, 6.07) is 11.9. The van der Waals surface area contributed by atoms with Crippen molar-refractivity contribution in [1.29, 1.82) is 0 Å². The van der Waals surface area contributed by atoms with Crippen molar-refractivity contribution in [3.05, 3.63) is 63.8 Å². The second-order valence-corrected chi connectivity index (χ2v) is 5.41. The third-order valence-corrected chi connectivity index (χ3v) is 3.91. The lowest BCUT2D eigenvalue weighted by molar-refractivity contribution is 0.108. The second kappa shape index (κ2) is 5.89. The van der Waals surface area contributed by atoms with Crippen LogP contribution in [0.5, 0.6) is 5.75 Å². The fourth-order valence-electron chi connectivity index (χ4n) is 2.48. The van der Waals surface area contributed by atoms with Crippen molar-refractivity contribution in [2.24, 2.45) is 0 Å². The summed E-state index contributed by atoms with van der Waals surface area (Å²) in [6.45, 7) is 1.69. The average Bonchev–Trinajstić information content (AvgIpc) is 2.57. The third-order valence-electron chi connectivity index (χ3n) is 3.71. The molecule has 0 unspecified atom stereocenters. The topological polar surface area (TPSA) is 56.5 Å². The molecule has 5 heteroatoms. The number of hydrogen-bond acceptors (Lipinski definition) is 4. The van der Waals surface area contributed by atoms with Gasteiger partial charge in [0.05, 0.1) is 18.1 Å². The minimum absolute atomic E-state index is 0.177. The van der Waals surface area contributed by atoms with Gasteiger partial charge >= 0.3 is 0 Å². The van der Waals surface area contributed by atoms with E-state index in [1.165, 1.54) is 6.07 Å². The molecular weight excluding hydrogens is 316 g/mol. The van der Waals surface area contributed by atoms with Crippen molar-refractivity contribution in [3.63, 3.8) is 0 Å². The summed E-state index contributed by atoms with van der Waals surface area (Å²) < 4.78 is 11.0. The molecular formula is C18H13ClO4. The van der Waals surface area contributed by atoms with Gasteiger partial charge in [0.1, 0.15) is 11.5 Å². The zero-order chi connectivity index (χ0) is 16.6. The van der Waals surface area contributed by atoms with E-state index in [4.69, 9.17) is 20.8 Å². The molecule has 0 aliphatic carbocycles. The fraction of sp³-hybridized carbons (Fsp3) is 0.111. The monoisotopic (exact) mass is 328 g/mol. The Morgan fingerprint density at radius 2 is 1.83 bits per heavy atom. The van der Waals surface area contributed by atoms with Crippen LogP contribution < -0.4 is 10.2 Å². The van der Waals surface area contributed by atoms with Crippen LogP contribution in [0.4, 0.5) is 0 Å². The number of benzene rings is 2. The van der Waals surface area contributed by atoms with Gasteiger partial charge in [-0.05, 0) is 54.9 Å². The molecule has 3 aromatic rings. The van der Waals surface area contributed by atoms with Crippen LogP contribution in [-0.2, 0) is 0 Å². The Morgan fingerprint density at radius 1 is 1.13 bits per heavy atom. The lowest BCUT2D eigenvalue weighted by Gasteiger charge is -2.09.